The van der Waals surface area contributed by atoms with E-state index in [1.54, 1.807) is 0 Å². The highest BCUT2D eigenvalue weighted by Gasteiger charge is 2.28. The maximum Gasteiger partial charge on any atom is 0.310 e. The molecule has 0 amide bonds. The van der Waals surface area contributed by atoms with E-state index in [0.29, 0.717) is 19.1 Å². The molecule has 2 aliphatic heterocycles. The number of rotatable bonds is 6. The third kappa shape index (κ3) is 6.43. The Bertz CT molecular complexity index is 463. The number of esters is 1. The zero-order chi connectivity index (χ0) is 18.9. The van der Waals surface area contributed by atoms with Gasteiger partial charge in [-0.15, -0.1) is 0 Å². The first-order valence-electron chi connectivity index (χ1n) is 10.1. The van der Waals surface area contributed by atoms with E-state index in [1.165, 1.54) is 0 Å². The molecule has 150 valence electrons. The molecular formula is C19H37N5O2. The second kappa shape index (κ2) is 10.7. The minimum absolute atomic E-state index is 0.0370. The molecule has 0 saturated carbocycles. The lowest BCUT2D eigenvalue weighted by molar-refractivity contribution is -0.149. The van der Waals surface area contributed by atoms with Gasteiger partial charge >= 0.3 is 5.97 Å². The van der Waals surface area contributed by atoms with E-state index in [2.05, 4.69) is 39.0 Å². The quantitative estimate of drug-likeness (QED) is 0.424. The zero-order valence-electron chi connectivity index (χ0n) is 17.0. The molecule has 1 N–H and O–H groups in total. The number of ether oxygens (including phenoxy) is 1. The Hall–Kier alpha value is -1.34. The standard InChI is InChI=1S/C19H37N5O2/c1-5-26-18(25)17-7-6-8-24(15-17)19(20-3)21-13-16(2)14-23-11-9-22(4)10-12-23/h16-17H,5-15H2,1-4H3,(H,20,21). The molecule has 2 saturated heterocycles. The minimum Gasteiger partial charge on any atom is -0.466 e. The van der Waals surface area contributed by atoms with Crippen molar-refractivity contribution in [1.82, 2.24) is 20.0 Å². The Labute approximate surface area is 158 Å². The largest absolute Gasteiger partial charge is 0.466 e. The number of nitrogens with zero attached hydrogens (tertiary/aromatic N) is 4. The third-order valence-corrected chi connectivity index (χ3v) is 5.33. The number of piperazine rings is 1. The summed E-state index contributed by atoms with van der Waals surface area (Å²) < 4.78 is 5.20. The van der Waals surface area contributed by atoms with Crippen molar-refractivity contribution in [3.05, 3.63) is 0 Å². The Morgan fingerprint density at radius 1 is 1.27 bits per heavy atom. The van der Waals surface area contributed by atoms with Gasteiger partial charge < -0.3 is 24.8 Å². The summed E-state index contributed by atoms with van der Waals surface area (Å²) in [4.78, 5) is 23.6. The van der Waals surface area contributed by atoms with Crippen LogP contribution in [0, 0.1) is 11.8 Å². The summed E-state index contributed by atoms with van der Waals surface area (Å²) in [7, 11) is 4.01. The molecule has 2 rings (SSSR count). The maximum atomic E-state index is 12.0. The molecule has 0 radical (unpaired) electrons. The van der Waals surface area contributed by atoms with Crippen LogP contribution in [-0.2, 0) is 9.53 Å². The van der Waals surface area contributed by atoms with Crippen LogP contribution >= 0.6 is 0 Å². The fourth-order valence-electron chi connectivity index (χ4n) is 3.76. The zero-order valence-corrected chi connectivity index (χ0v) is 17.0. The van der Waals surface area contributed by atoms with E-state index in [-0.39, 0.29) is 11.9 Å². The van der Waals surface area contributed by atoms with E-state index in [1.807, 2.05) is 14.0 Å². The van der Waals surface area contributed by atoms with Gasteiger partial charge in [-0.3, -0.25) is 9.79 Å². The Kier molecular flexibility index (Phi) is 8.65. The third-order valence-electron chi connectivity index (χ3n) is 5.33. The number of likely N-dealkylation sites (N-methyl/N-ethyl adjacent to an activating group) is 1. The summed E-state index contributed by atoms with van der Waals surface area (Å²) in [6.07, 6.45) is 1.91. The van der Waals surface area contributed by atoms with Gasteiger partial charge in [0, 0.05) is 59.4 Å². The molecule has 0 aromatic carbocycles. The van der Waals surface area contributed by atoms with Crippen LogP contribution in [0.5, 0.6) is 0 Å². The monoisotopic (exact) mass is 367 g/mol. The van der Waals surface area contributed by atoms with Crippen molar-refractivity contribution in [2.75, 3.05) is 73.1 Å². The predicted molar refractivity (Wildman–Crippen MR) is 105 cm³/mol. The molecule has 2 aliphatic rings. The van der Waals surface area contributed by atoms with E-state index in [4.69, 9.17) is 4.74 Å². The van der Waals surface area contributed by atoms with Crippen LogP contribution in [-0.4, -0.2) is 99.7 Å². The van der Waals surface area contributed by atoms with Gasteiger partial charge in [0.25, 0.3) is 0 Å². The number of nitrogens with one attached hydrogen (secondary N) is 1. The minimum atomic E-state index is -0.0731. The smallest absolute Gasteiger partial charge is 0.310 e. The number of hydrogen-bond donors (Lipinski definition) is 1. The normalized spacial score (nSPS) is 24.4. The van der Waals surface area contributed by atoms with Gasteiger partial charge in [-0.1, -0.05) is 6.92 Å². The highest BCUT2D eigenvalue weighted by molar-refractivity contribution is 5.81. The highest BCUT2D eigenvalue weighted by atomic mass is 16.5. The molecule has 26 heavy (non-hydrogen) atoms. The molecule has 0 aliphatic carbocycles. The fourth-order valence-corrected chi connectivity index (χ4v) is 3.76. The summed E-state index contributed by atoms with van der Waals surface area (Å²) in [6, 6.07) is 0. The van der Waals surface area contributed by atoms with Crippen molar-refractivity contribution in [2.45, 2.75) is 26.7 Å². The molecule has 2 fully saturated rings. The number of hydrogen-bond acceptors (Lipinski definition) is 5. The number of carbonyl (C=O) groups excluding carboxylic acids is 1. The molecule has 0 aromatic heterocycles. The number of carbonyl (C=O) groups is 1. The molecule has 0 spiro atoms. The van der Waals surface area contributed by atoms with Gasteiger partial charge in [0.15, 0.2) is 5.96 Å². The summed E-state index contributed by atoms with van der Waals surface area (Å²) >= 11 is 0. The maximum absolute atomic E-state index is 12.0. The van der Waals surface area contributed by atoms with Crippen molar-refractivity contribution >= 4 is 11.9 Å². The molecule has 7 nitrogen and oxygen atoms in total. The predicted octanol–water partition coefficient (Wildman–Crippen LogP) is 0.720. The number of aliphatic imine (C=N–C) groups is 1. The Morgan fingerprint density at radius 3 is 2.65 bits per heavy atom. The molecule has 0 bridgehead atoms. The first kappa shape index (κ1) is 21.0. The van der Waals surface area contributed by atoms with Crippen molar-refractivity contribution in [3.63, 3.8) is 0 Å². The van der Waals surface area contributed by atoms with Crippen molar-refractivity contribution in [3.8, 4) is 0 Å². The topological polar surface area (TPSA) is 60.4 Å². The molecular weight excluding hydrogens is 330 g/mol. The highest BCUT2D eigenvalue weighted by Crippen LogP contribution is 2.18. The summed E-state index contributed by atoms with van der Waals surface area (Å²) in [5.74, 6) is 1.35. The average Bonchev–Trinajstić information content (AvgIpc) is 2.64. The van der Waals surface area contributed by atoms with Crippen LogP contribution in [0.2, 0.25) is 0 Å². The number of guanidine groups is 1. The van der Waals surface area contributed by atoms with Crippen LogP contribution in [0.4, 0.5) is 0 Å². The summed E-state index contributed by atoms with van der Waals surface area (Å²) in [5, 5.41) is 3.52. The molecule has 0 aromatic rings. The molecule has 2 unspecified atom stereocenters. The fraction of sp³-hybridized carbons (Fsp3) is 0.895. The Morgan fingerprint density at radius 2 is 2.00 bits per heavy atom. The summed E-state index contributed by atoms with van der Waals surface area (Å²) in [6.45, 7) is 12.9. The first-order chi connectivity index (χ1) is 12.5. The lowest BCUT2D eigenvalue weighted by Gasteiger charge is -2.35. The summed E-state index contributed by atoms with van der Waals surface area (Å²) in [5.41, 5.74) is 0. The van der Waals surface area contributed by atoms with Gasteiger partial charge in [0.2, 0.25) is 0 Å². The van der Waals surface area contributed by atoms with E-state index in [9.17, 15) is 4.79 Å². The van der Waals surface area contributed by atoms with Gasteiger partial charge in [0.05, 0.1) is 12.5 Å². The second-order valence-corrected chi connectivity index (χ2v) is 7.67. The average molecular weight is 368 g/mol. The molecule has 2 heterocycles. The van der Waals surface area contributed by atoms with Crippen LogP contribution in [0.25, 0.3) is 0 Å². The van der Waals surface area contributed by atoms with Crippen molar-refractivity contribution in [2.24, 2.45) is 16.8 Å². The first-order valence-corrected chi connectivity index (χ1v) is 10.1. The van der Waals surface area contributed by atoms with Gasteiger partial charge in [-0.2, -0.15) is 0 Å². The van der Waals surface area contributed by atoms with E-state index >= 15 is 0 Å². The van der Waals surface area contributed by atoms with Gasteiger partial charge in [-0.25, -0.2) is 0 Å². The lowest BCUT2D eigenvalue weighted by atomic mass is 9.98. The van der Waals surface area contributed by atoms with Crippen molar-refractivity contribution < 1.29 is 9.53 Å². The Balaban J connectivity index is 1.76. The second-order valence-electron chi connectivity index (χ2n) is 7.67. The van der Waals surface area contributed by atoms with Crippen LogP contribution < -0.4 is 5.32 Å². The lowest BCUT2D eigenvalue weighted by Crippen LogP contribution is -2.50. The van der Waals surface area contributed by atoms with Gasteiger partial charge in [0.1, 0.15) is 0 Å². The number of piperidine rings is 1. The van der Waals surface area contributed by atoms with Crippen LogP contribution in [0.15, 0.2) is 4.99 Å². The van der Waals surface area contributed by atoms with E-state index in [0.717, 1.165) is 64.6 Å². The van der Waals surface area contributed by atoms with Crippen LogP contribution in [0.3, 0.4) is 0 Å². The van der Waals surface area contributed by atoms with E-state index < -0.39 is 0 Å². The SMILES string of the molecule is CCOC(=O)C1CCCN(C(=NC)NCC(C)CN2CCN(C)CC2)C1. The number of likely N-dealkylation sites (tertiary alicyclic amines) is 1. The molecule has 2 atom stereocenters. The molecule has 7 heteroatoms. The van der Waals surface area contributed by atoms with Crippen molar-refractivity contribution in [1.29, 1.82) is 0 Å². The van der Waals surface area contributed by atoms with Gasteiger partial charge in [-0.05, 0) is 32.7 Å². The van der Waals surface area contributed by atoms with Crippen LogP contribution in [0.1, 0.15) is 26.7 Å².